The fourth-order valence-electron chi connectivity index (χ4n) is 3.00. The lowest BCUT2D eigenvalue weighted by molar-refractivity contribution is -0.713. The van der Waals surface area contributed by atoms with Crippen molar-refractivity contribution in [1.82, 2.24) is 5.32 Å². The van der Waals surface area contributed by atoms with Gasteiger partial charge in [-0.1, -0.05) is 35.9 Å². The number of pyridine rings is 1. The maximum absolute atomic E-state index is 12.5. The minimum Gasteiger partial charge on any atom is -0.289 e. The van der Waals surface area contributed by atoms with E-state index in [-0.39, 0.29) is 5.91 Å². The van der Waals surface area contributed by atoms with Gasteiger partial charge in [0.2, 0.25) is 11.9 Å². The topological polar surface area (TPSA) is 73.8 Å². The van der Waals surface area contributed by atoms with Gasteiger partial charge in [0, 0.05) is 12.1 Å². The van der Waals surface area contributed by atoms with Crippen molar-refractivity contribution in [2.45, 2.75) is 18.9 Å². The van der Waals surface area contributed by atoms with Gasteiger partial charge >= 0.3 is 0 Å². The molecule has 5 heteroatoms. The third-order valence-electron chi connectivity index (χ3n) is 4.16. The van der Waals surface area contributed by atoms with E-state index in [1.165, 1.54) is 0 Å². The normalized spacial score (nSPS) is 23.9. The van der Waals surface area contributed by atoms with E-state index in [4.69, 9.17) is 0 Å². The van der Waals surface area contributed by atoms with Crippen molar-refractivity contribution in [2.24, 2.45) is 5.92 Å². The Labute approximate surface area is 134 Å². The Morgan fingerprint density at radius 3 is 2.30 bits per heavy atom. The summed E-state index contributed by atoms with van der Waals surface area (Å²) in [6.07, 6.45) is 3.55. The van der Waals surface area contributed by atoms with Crippen LogP contribution in [0.1, 0.15) is 23.1 Å². The Morgan fingerprint density at radius 1 is 1.04 bits per heavy atom. The summed E-state index contributed by atoms with van der Waals surface area (Å²) in [4.78, 5) is 24.6. The molecule has 1 fully saturated rings. The van der Waals surface area contributed by atoms with E-state index in [0.29, 0.717) is 0 Å². The van der Waals surface area contributed by atoms with Gasteiger partial charge in [0.05, 0.1) is 12.0 Å². The largest absolute Gasteiger partial charge is 0.296 e. The molecule has 0 saturated carbocycles. The summed E-state index contributed by atoms with van der Waals surface area (Å²) in [5.41, 5.74) is 1.89. The van der Waals surface area contributed by atoms with Crippen LogP contribution >= 0.6 is 0 Å². The molecule has 1 N–H and O–H groups in total. The molecule has 0 spiro atoms. The van der Waals surface area contributed by atoms with Gasteiger partial charge in [-0.15, -0.1) is 0 Å². The van der Waals surface area contributed by atoms with E-state index in [1.807, 2.05) is 49.4 Å². The third kappa shape index (κ3) is 2.71. The van der Waals surface area contributed by atoms with Gasteiger partial charge in [-0.2, -0.15) is 9.83 Å². The highest BCUT2D eigenvalue weighted by Crippen LogP contribution is 2.36. The molecular formula is C18H16N3O2+. The molecule has 114 valence electrons. The van der Waals surface area contributed by atoms with Crippen LogP contribution in [0.3, 0.4) is 0 Å². The monoisotopic (exact) mass is 306 g/mol. The number of imide groups is 1. The number of amides is 2. The van der Waals surface area contributed by atoms with E-state index in [0.717, 1.165) is 11.1 Å². The SMILES string of the molecule is Cc1ccc([C@@H]2[C@H](C#N)C(=O)NC(=O)[C@H]2[n+]2ccccc2)cc1. The number of hydrogen-bond acceptors (Lipinski definition) is 3. The van der Waals surface area contributed by atoms with Gasteiger partial charge < -0.3 is 0 Å². The molecule has 1 aromatic heterocycles. The van der Waals surface area contributed by atoms with E-state index >= 15 is 0 Å². The van der Waals surface area contributed by atoms with Crippen molar-refractivity contribution in [3.8, 4) is 6.07 Å². The molecule has 3 atom stereocenters. The second-order valence-electron chi connectivity index (χ2n) is 5.66. The van der Waals surface area contributed by atoms with Gasteiger partial charge in [0.15, 0.2) is 12.4 Å². The number of piperidine rings is 1. The maximum atomic E-state index is 12.5. The van der Waals surface area contributed by atoms with Crippen LogP contribution in [-0.2, 0) is 9.59 Å². The number of aromatic nitrogens is 1. The molecule has 1 aliphatic heterocycles. The Balaban J connectivity index is 2.13. The minimum absolute atomic E-state index is 0.386. The molecule has 5 nitrogen and oxygen atoms in total. The highest BCUT2D eigenvalue weighted by molar-refractivity contribution is 6.02. The zero-order chi connectivity index (χ0) is 16.4. The summed E-state index contributed by atoms with van der Waals surface area (Å²) >= 11 is 0. The molecule has 1 saturated heterocycles. The smallest absolute Gasteiger partial charge is 0.289 e. The molecule has 23 heavy (non-hydrogen) atoms. The molecule has 0 aliphatic carbocycles. The zero-order valence-corrected chi connectivity index (χ0v) is 12.6. The Hall–Kier alpha value is -3.00. The van der Waals surface area contributed by atoms with Crippen LogP contribution in [0.2, 0.25) is 0 Å². The van der Waals surface area contributed by atoms with E-state index in [1.54, 1.807) is 17.0 Å². The molecule has 0 bridgehead atoms. The summed E-state index contributed by atoms with van der Waals surface area (Å²) in [6, 6.07) is 14.5. The third-order valence-corrected chi connectivity index (χ3v) is 4.16. The second kappa shape index (κ2) is 6.01. The highest BCUT2D eigenvalue weighted by atomic mass is 16.2. The summed E-state index contributed by atoms with van der Waals surface area (Å²) in [5, 5.41) is 11.8. The lowest BCUT2D eigenvalue weighted by atomic mass is 9.77. The molecular weight excluding hydrogens is 290 g/mol. The Bertz CT molecular complexity index is 778. The number of carbonyl (C=O) groups is 2. The Morgan fingerprint density at radius 2 is 1.70 bits per heavy atom. The first-order valence-corrected chi connectivity index (χ1v) is 7.38. The number of rotatable bonds is 2. The molecule has 2 heterocycles. The lowest BCUT2D eigenvalue weighted by Crippen LogP contribution is -2.59. The number of nitriles is 1. The molecule has 2 amide bonds. The standard InChI is InChI=1S/C18H15N3O2/c1-12-5-7-13(8-6-12)15-14(11-19)17(22)20-18(23)16(15)21-9-3-2-4-10-21/h2-10,14-16H,1H3/p+1/t14-,15+,16-/m0/s1. The summed E-state index contributed by atoms with van der Waals surface area (Å²) in [6.45, 7) is 1.97. The van der Waals surface area contributed by atoms with Crippen molar-refractivity contribution < 1.29 is 14.2 Å². The van der Waals surface area contributed by atoms with Crippen LogP contribution in [0.4, 0.5) is 0 Å². The van der Waals surface area contributed by atoms with Gasteiger partial charge in [-0.3, -0.25) is 14.9 Å². The summed E-state index contributed by atoms with van der Waals surface area (Å²) in [7, 11) is 0. The summed E-state index contributed by atoms with van der Waals surface area (Å²) in [5.74, 6) is -2.35. The number of hydrogen-bond donors (Lipinski definition) is 1. The number of nitrogens with one attached hydrogen (secondary N) is 1. The highest BCUT2D eigenvalue weighted by Gasteiger charge is 2.50. The molecule has 1 aromatic carbocycles. The van der Waals surface area contributed by atoms with Crippen LogP contribution in [-0.4, -0.2) is 11.8 Å². The summed E-state index contributed by atoms with van der Waals surface area (Å²) < 4.78 is 1.75. The van der Waals surface area contributed by atoms with Crippen molar-refractivity contribution in [3.05, 3.63) is 66.0 Å². The molecule has 0 unspecified atom stereocenters. The first kappa shape index (κ1) is 14.9. The average molecular weight is 306 g/mol. The Kier molecular flexibility index (Phi) is 3.90. The zero-order valence-electron chi connectivity index (χ0n) is 12.6. The van der Waals surface area contributed by atoms with Gasteiger partial charge in [0.1, 0.15) is 5.92 Å². The number of nitrogens with zero attached hydrogens (tertiary/aromatic N) is 2. The van der Waals surface area contributed by atoms with Gasteiger partial charge in [-0.25, -0.2) is 0 Å². The van der Waals surface area contributed by atoms with Crippen LogP contribution in [0.5, 0.6) is 0 Å². The fourth-order valence-corrected chi connectivity index (χ4v) is 3.00. The number of benzene rings is 1. The predicted octanol–water partition coefficient (Wildman–Crippen LogP) is 1.40. The fraction of sp³-hybridized carbons (Fsp3) is 0.222. The molecule has 3 rings (SSSR count). The molecule has 2 aromatic rings. The van der Waals surface area contributed by atoms with Crippen molar-refractivity contribution >= 4 is 11.8 Å². The van der Waals surface area contributed by atoms with E-state index in [9.17, 15) is 14.9 Å². The molecule has 0 radical (unpaired) electrons. The van der Waals surface area contributed by atoms with Crippen LogP contribution in [0.15, 0.2) is 54.9 Å². The van der Waals surface area contributed by atoms with Crippen molar-refractivity contribution in [3.63, 3.8) is 0 Å². The molecule has 1 aliphatic rings. The average Bonchev–Trinajstić information content (AvgIpc) is 2.56. The first-order chi connectivity index (χ1) is 11.1. The van der Waals surface area contributed by atoms with E-state index < -0.39 is 23.8 Å². The van der Waals surface area contributed by atoms with Gasteiger partial charge in [-0.05, 0) is 12.5 Å². The quantitative estimate of drug-likeness (QED) is 0.673. The predicted molar refractivity (Wildman–Crippen MR) is 81.8 cm³/mol. The minimum atomic E-state index is -0.909. The lowest BCUT2D eigenvalue weighted by Gasteiger charge is -2.30. The van der Waals surface area contributed by atoms with Gasteiger partial charge in [0.25, 0.3) is 5.91 Å². The van der Waals surface area contributed by atoms with Crippen molar-refractivity contribution in [2.75, 3.05) is 0 Å². The van der Waals surface area contributed by atoms with Crippen LogP contribution < -0.4 is 9.88 Å². The number of carbonyl (C=O) groups excluding carboxylic acids is 2. The van der Waals surface area contributed by atoms with Crippen molar-refractivity contribution in [1.29, 1.82) is 5.26 Å². The number of aryl methyl sites for hydroxylation is 1. The second-order valence-corrected chi connectivity index (χ2v) is 5.66. The maximum Gasteiger partial charge on any atom is 0.296 e. The van der Waals surface area contributed by atoms with E-state index in [2.05, 4.69) is 11.4 Å². The van der Waals surface area contributed by atoms with Crippen LogP contribution in [0, 0.1) is 24.2 Å². The first-order valence-electron chi connectivity index (χ1n) is 7.38. The van der Waals surface area contributed by atoms with Crippen LogP contribution in [0.25, 0.3) is 0 Å².